The molecule has 0 radical (unpaired) electrons. The van der Waals surface area contributed by atoms with Crippen molar-refractivity contribution in [1.82, 2.24) is 0 Å². The van der Waals surface area contributed by atoms with Gasteiger partial charge in [0.2, 0.25) is 0 Å². The molecule has 100 valence electrons. The molecular formula is C16H26N2. The number of nitrogens with two attached hydrogens (primary N) is 1. The summed E-state index contributed by atoms with van der Waals surface area (Å²) in [4.78, 5) is 2.56. The van der Waals surface area contributed by atoms with Gasteiger partial charge >= 0.3 is 0 Å². The highest BCUT2D eigenvalue weighted by Crippen LogP contribution is 2.40. The van der Waals surface area contributed by atoms with Crippen molar-refractivity contribution in [3.05, 3.63) is 29.8 Å². The monoisotopic (exact) mass is 246 g/mol. The van der Waals surface area contributed by atoms with E-state index >= 15 is 0 Å². The smallest absolute Gasteiger partial charge is 0.0405 e. The third-order valence-corrected chi connectivity index (χ3v) is 4.53. The van der Waals surface area contributed by atoms with Crippen LogP contribution in [0.1, 0.15) is 45.6 Å². The second kappa shape index (κ2) is 4.93. The van der Waals surface area contributed by atoms with Crippen LogP contribution in [-0.2, 0) is 0 Å². The van der Waals surface area contributed by atoms with Crippen LogP contribution in [0, 0.1) is 5.92 Å². The summed E-state index contributed by atoms with van der Waals surface area (Å²) in [6, 6.07) is 8.80. The van der Waals surface area contributed by atoms with E-state index < -0.39 is 0 Å². The highest BCUT2D eigenvalue weighted by atomic mass is 15.2. The predicted octanol–water partition coefficient (Wildman–Crippen LogP) is 3.37. The maximum absolute atomic E-state index is 5.92. The van der Waals surface area contributed by atoms with Crippen molar-refractivity contribution in [1.29, 1.82) is 0 Å². The van der Waals surface area contributed by atoms with Crippen molar-refractivity contribution >= 4 is 5.69 Å². The van der Waals surface area contributed by atoms with E-state index in [1.807, 2.05) is 0 Å². The zero-order valence-corrected chi connectivity index (χ0v) is 12.1. The van der Waals surface area contributed by atoms with Crippen LogP contribution in [0.5, 0.6) is 0 Å². The van der Waals surface area contributed by atoms with E-state index in [0.717, 1.165) is 13.1 Å². The minimum Gasteiger partial charge on any atom is -0.366 e. The van der Waals surface area contributed by atoms with Crippen LogP contribution in [-0.4, -0.2) is 18.6 Å². The highest BCUT2D eigenvalue weighted by Gasteiger charge is 2.41. The van der Waals surface area contributed by atoms with Crippen LogP contribution >= 0.6 is 0 Å². The lowest BCUT2D eigenvalue weighted by molar-refractivity contribution is 0.373. The summed E-state index contributed by atoms with van der Waals surface area (Å²) in [6.07, 6.45) is 1.20. The van der Waals surface area contributed by atoms with Crippen molar-refractivity contribution in [3.8, 4) is 0 Å². The number of anilines is 1. The highest BCUT2D eigenvalue weighted by molar-refractivity contribution is 5.57. The molecular weight excluding hydrogens is 220 g/mol. The van der Waals surface area contributed by atoms with E-state index in [-0.39, 0.29) is 5.54 Å². The van der Waals surface area contributed by atoms with E-state index in [1.54, 1.807) is 0 Å². The summed E-state index contributed by atoms with van der Waals surface area (Å²) >= 11 is 0. The molecule has 2 heteroatoms. The lowest BCUT2D eigenvalue weighted by Gasteiger charge is -2.39. The lowest BCUT2D eigenvalue weighted by Crippen LogP contribution is -2.45. The second-order valence-electron chi connectivity index (χ2n) is 6.24. The number of rotatable bonds is 3. The van der Waals surface area contributed by atoms with Crippen molar-refractivity contribution in [3.63, 3.8) is 0 Å². The Balaban J connectivity index is 2.38. The van der Waals surface area contributed by atoms with Crippen LogP contribution in [0.3, 0.4) is 0 Å². The first kappa shape index (κ1) is 13.4. The van der Waals surface area contributed by atoms with Gasteiger partial charge in [0, 0.05) is 17.8 Å². The van der Waals surface area contributed by atoms with Gasteiger partial charge in [-0.25, -0.2) is 0 Å². The molecule has 1 atom stereocenters. The minimum absolute atomic E-state index is 0.166. The van der Waals surface area contributed by atoms with Crippen LogP contribution in [0.4, 0.5) is 5.69 Å². The molecule has 18 heavy (non-hydrogen) atoms. The average molecular weight is 246 g/mol. The lowest BCUT2D eigenvalue weighted by atomic mass is 9.87. The summed E-state index contributed by atoms with van der Waals surface area (Å²) < 4.78 is 0. The normalized spacial score (nSPS) is 22.8. The standard InChI is InChI=1S/C16H26N2/c1-12(2)14-7-5-6-8-15(14)18-10-9-13(11-17)16(18,3)4/h5-8,12-13H,9-11,17H2,1-4H3. The van der Waals surface area contributed by atoms with E-state index in [9.17, 15) is 0 Å². The maximum atomic E-state index is 5.92. The Morgan fingerprint density at radius 1 is 1.33 bits per heavy atom. The molecule has 0 spiro atoms. The molecule has 1 aliphatic heterocycles. The first-order chi connectivity index (χ1) is 8.48. The van der Waals surface area contributed by atoms with E-state index in [1.165, 1.54) is 17.7 Å². The van der Waals surface area contributed by atoms with Crippen molar-refractivity contribution in [2.24, 2.45) is 11.7 Å². The fraction of sp³-hybridized carbons (Fsp3) is 0.625. The van der Waals surface area contributed by atoms with Crippen LogP contribution in [0.25, 0.3) is 0 Å². The molecule has 1 saturated heterocycles. The number of hydrogen-bond acceptors (Lipinski definition) is 2. The summed E-state index contributed by atoms with van der Waals surface area (Å²) in [7, 11) is 0. The van der Waals surface area contributed by atoms with Gasteiger partial charge in [0.05, 0.1) is 0 Å². The summed E-state index contributed by atoms with van der Waals surface area (Å²) in [5, 5.41) is 0. The van der Waals surface area contributed by atoms with Gasteiger partial charge in [-0.05, 0) is 50.3 Å². The van der Waals surface area contributed by atoms with Gasteiger partial charge < -0.3 is 10.6 Å². The summed E-state index contributed by atoms with van der Waals surface area (Å²) in [6.45, 7) is 11.1. The molecule has 2 N–H and O–H groups in total. The molecule has 2 nitrogen and oxygen atoms in total. The van der Waals surface area contributed by atoms with Gasteiger partial charge in [-0.1, -0.05) is 32.0 Å². The molecule has 2 rings (SSSR count). The van der Waals surface area contributed by atoms with E-state index in [2.05, 4.69) is 56.9 Å². The summed E-state index contributed by atoms with van der Waals surface area (Å²) in [5.74, 6) is 1.16. The minimum atomic E-state index is 0.166. The van der Waals surface area contributed by atoms with Crippen LogP contribution in [0.15, 0.2) is 24.3 Å². The molecule has 0 aromatic heterocycles. The Kier molecular flexibility index (Phi) is 3.67. The Morgan fingerprint density at radius 2 is 2.00 bits per heavy atom. The Hall–Kier alpha value is -1.02. The van der Waals surface area contributed by atoms with Gasteiger partial charge in [0.15, 0.2) is 0 Å². The van der Waals surface area contributed by atoms with Crippen LogP contribution in [0.2, 0.25) is 0 Å². The van der Waals surface area contributed by atoms with Gasteiger partial charge in [-0.15, -0.1) is 0 Å². The first-order valence-corrected chi connectivity index (χ1v) is 7.05. The molecule has 0 saturated carbocycles. The molecule has 1 aliphatic rings. The van der Waals surface area contributed by atoms with Gasteiger partial charge in [-0.3, -0.25) is 0 Å². The predicted molar refractivity (Wildman–Crippen MR) is 79.1 cm³/mol. The average Bonchev–Trinajstić information content (AvgIpc) is 2.63. The van der Waals surface area contributed by atoms with E-state index in [0.29, 0.717) is 11.8 Å². The number of nitrogens with zero attached hydrogens (tertiary/aromatic N) is 1. The van der Waals surface area contributed by atoms with Gasteiger partial charge in [0.1, 0.15) is 0 Å². The maximum Gasteiger partial charge on any atom is 0.0405 e. The van der Waals surface area contributed by atoms with Crippen molar-refractivity contribution < 1.29 is 0 Å². The van der Waals surface area contributed by atoms with Gasteiger partial charge in [-0.2, -0.15) is 0 Å². The van der Waals surface area contributed by atoms with Crippen molar-refractivity contribution in [2.75, 3.05) is 18.0 Å². The zero-order valence-electron chi connectivity index (χ0n) is 12.1. The SMILES string of the molecule is CC(C)c1ccccc1N1CCC(CN)C1(C)C. The molecule has 1 fully saturated rings. The number of hydrogen-bond donors (Lipinski definition) is 1. The second-order valence-corrected chi connectivity index (χ2v) is 6.24. The van der Waals surface area contributed by atoms with Gasteiger partial charge in [0.25, 0.3) is 0 Å². The molecule has 0 aliphatic carbocycles. The summed E-state index contributed by atoms with van der Waals surface area (Å²) in [5.41, 5.74) is 8.93. The zero-order chi connectivity index (χ0) is 13.3. The largest absolute Gasteiger partial charge is 0.366 e. The van der Waals surface area contributed by atoms with E-state index in [4.69, 9.17) is 5.73 Å². The number of para-hydroxylation sites is 1. The molecule has 1 heterocycles. The Bertz CT molecular complexity index is 409. The quantitative estimate of drug-likeness (QED) is 0.886. The molecule has 0 amide bonds. The number of benzene rings is 1. The molecule has 1 aromatic rings. The topological polar surface area (TPSA) is 29.3 Å². The molecule has 1 unspecified atom stereocenters. The van der Waals surface area contributed by atoms with Crippen LogP contribution < -0.4 is 10.6 Å². The molecule has 0 bridgehead atoms. The fourth-order valence-electron chi connectivity index (χ4n) is 3.21. The third kappa shape index (κ3) is 2.14. The first-order valence-electron chi connectivity index (χ1n) is 7.05. The van der Waals surface area contributed by atoms with Crippen molar-refractivity contribution in [2.45, 2.75) is 45.6 Å². The Morgan fingerprint density at radius 3 is 2.56 bits per heavy atom. The fourth-order valence-corrected chi connectivity index (χ4v) is 3.21. The molecule has 1 aromatic carbocycles. The Labute approximate surface area is 111 Å². The third-order valence-electron chi connectivity index (χ3n) is 4.53.